The van der Waals surface area contributed by atoms with Crippen LogP contribution in [0.2, 0.25) is 0 Å². The standard InChI is InChI=1S/C62H40/c1-61(2)53-24-12-9-17-43(53)46-31-29-41(36-56(46)61)59-49-22-7-5-20-47(49)58(48-21-6-8-23-50(48)59)40-28-30-42-39(33-40)27-32-51-52-34-37-15-3-4-16-38(37)35-57(52)62(60(42)51)54-25-13-10-18-44(54)45-19-11-14-26-55(45)62/h3-36H,1-2H3. The maximum atomic E-state index is 2.49. The largest absolute Gasteiger partial charge is 0.0731 e. The van der Waals surface area contributed by atoms with Gasteiger partial charge in [0.25, 0.3) is 0 Å². The normalized spacial score (nSPS) is 14.5. The molecule has 0 heterocycles. The van der Waals surface area contributed by atoms with E-state index in [0.717, 1.165) is 0 Å². The van der Waals surface area contributed by atoms with Crippen molar-refractivity contribution in [2.45, 2.75) is 24.7 Å². The first-order valence-corrected chi connectivity index (χ1v) is 22.0. The molecule has 3 aliphatic carbocycles. The summed E-state index contributed by atoms with van der Waals surface area (Å²) in [5.41, 5.74) is 21.0. The lowest BCUT2D eigenvalue weighted by Gasteiger charge is -2.31. The zero-order valence-corrected chi connectivity index (χ0v) is 34.6. The van der Waals surface area contributed by atoms with Gasteiger partial charge in [0, 0.05) is 5.41 Å². The van der Waals surface area contributed by atoms with Crippen molar-refractivity contribution in [3.8, 4) is 55.6 Å². The van der Waals surface area contributed by atoms with E-state index in [2.05, 4.69) is 220 Å². The minimum Gasteiger partial charge on any atom is -0.0619 e. The molecule has 0 radical (unpaired) electrons. The highest BCUT2D eigenvalue weighted by molar-refractivity contribution is 6.22. The summed E-state index contributed by atoms with van der Waals surface area (Å²) >= 11 is 0. The fourth-order valence-electron chi connectivity index (χ4n) is 12.4. The molecular weight excluding hydrogens is 745 g/mol. The third kappa shape index (κ3) is 4.22. The Labute approximate surface area is 361 Å². The van der Waals surface area contributed by atoms with Gasteiger partial charge < -0.3 is 0 Å². The Balaban J connectivity index is 1.02. The maximum absolute atomic E-state index is 2.49. The molecule has 0 saturated heterocycles. The average molecular weight is 785 g/mol. The van der Waals surface area contributed by atoms with Crippen LogP contribution >= 0.6 is 0 Å². The van der Waals surface area contributed by atoms with Crippen LogP contribution in [0, 0.1) is 0 Å². The quantitative estimate of drug-likeness (QED) is 0.153. The lowest BCUT2D eigenvalue weighted by molar-refractivity contribution is 0.660. The Morgan fingerprint density at radius 2 is 0.742 bits per heavy atom. The highest BCUT2D eigenvalue weighted by Crippen LogP contribution is 2.64. The monoisotopic (exact) mass is 784 g/mol. The Morgan fingerprint density at radius 3 is 1.37 bits per heavy atom. The molecule has 0 amide bonds. The van der Waals surface area contributed by atoms with Crippen molar-refractivity contribution >= 4 is 43.1 Å². The van der Waals surface area contributed by atoms with Crippen molar-refractivity contribution < 1.29 is 0 Å². The Bertz CT molecular complexity index is 3680. The van der Waals surface area contributed by atoms with E-state index >= 15 is 0 Å². The van der Waals surface area contributed by atoms with Crippen molar-refractivity contribution in [3.63, 3.8) is 0 Å². The van der Waals surface area contributed by atoms with Gasteiger partial charge in [-0.05, 0) is 156 Å². The second kappa shape index (κ2) is 12.1. The van der Waals surface area contributed by atoms with Gasteiger partial charge in [0.1, 0.15) is 0 Å². The molecule has 0 nitrogen and oxygen atoms in total. The van der Waals surface area contributed by atoms with Gasteiger partial charge in [0.05, 0.1) is 5.41 Å². The molecule has 3 aliphatic rings. The third-order valence-electron chi connectivity index (χ3n) is 15.0. The molecule has 0 fully saturated rings. The minimum absolute atomic E-state index is 0.0746. The smallest absolute Gasteiger partial charge is 0.0619 e. The Kier molecular flexibility index (Phi) is 6.65. The Morgan fingerprint density at radius 1 is 0.274 bits per heavy atom. The molecule has 62 heavy (non-hydrogen) atoms. The molecule has 0 unspecified atom stereocenters. The molecule has 0 N–H and O–H groups in total. The number of hydrogen-bond donors (Lipinski definition) is 0. The van der Waals surface area contributed by atoms with E-state index in [9.17, 15) is 0 Å². The summed E-state index contributed by atoms with van der Waals surface area (Å²) in [6.45, 7) is 4.76. The van der Waals surface area contributed by atoms with Gasteiger partial charge in [-0.15, -0.1) is 0 Å². The second-order valence-electron chi connectivity index (χ2n) is 18.3. The van der Waals surface area contributed by atoms with Crippen LogP contribution in [0.15, 0.2) is 206 Å². The van der Waals surface area contributed by atoms with Crippen LogP contribution in [0.4, 0.5) is 0 Å². The van der Waals surface area contributed by atoms with E-state index in [1.165, 1.54) is 132 Å². The molecular formula is C62H40. The molecule has 0 saturated carbocycles. The van der Waals surface area contributed by atoms with Gasteiger partial charge in [-0.2, -0.15) is 0 Å². The van der Waals surface area contributed by atoms with E-state index in [4.69, 9.17) is 0 Å². The summed E-state index contributed by atoms with van der Waals surface area (Å²) in [4.78, 5) is 0. The van der Waals surface area contributed by atoms with Gasteiger partial charge in [-0.25, -0.2) is 0 Å². The van der Waals surface area contributed by atoms with Crippen molar-refractivity contribution in [2.24, 2.45) is 0 Å². The van der Waals surface area contributed by atoms with Crippen LogP contribution in [0.3, 0.4) is 0 Å². The average Bonchev–Trinajstić information content (AvgIpc) is 3.87. The molecule has 0 aliphatic heterocycles. The summed E-state index contributed by atoms with van der Waals surface area (Å²) < 4.78 is 0. The summed E-state index contributed by atoms with van der Waals surface area (Å²) in [5, 5.41) is 10.2. The van der Waals surface area contributed by atoms with Gasteiger partial charge in [0.2, 0.25) is 0 Å². The first-order chi connectivity index (χ1) is 30.5. The molecule has 0 aromatic heterocycles. The number of benzene rings is 11. The molecule has 14 rings (SSSR count). The van der Waals surface area contributed by atoms with Gasteiger partial charge in [-0.1, -0.05) is 196 Å². The number of fused-ring (bicyclic) bond motifs is 18. The van der Waals surface area contributed by atoms with Crippen LogP contribution in [0.5, 0.6) is 0 Å². The summed E-state index contributed by atoms with van der Waals surface area (Å²) in [5.74, 6) is 0. The second-order valence-corrected chi connectivity index (χ2v) is 18.3. The molecule has 0 heteroatoms. The highest BCUT2D eigenvalue weighted by Gasteiger charge is 2.52. The number of rotatable bonds is 2. The van der Waals surface area contributed by atoms with E-state index in [0.29, 0.717) is 0 Å². The summed E-state index contributed by atoms with van der Waals surface area (Å²) in [6, 6.07) is 78.5. The van der Waals surface area contributed by atoms with Crippen LogP contribution < -0.4 is 0 Å². The summed E-state index contributed by atoms with van der Waals surface area (Å²) in [7, 11) is 0. The van der Waals surface area contributed by atoms with Crippen molar-refractivity contribution in [1.29, 1.82) is 0 Å². The lowest BCUT2D eigenvalue weighted by atomic mass is 9.69. The molecule has 0 bridgehead atoms. The van der Waals surface area contributed by atoms with Gasteiger partial charge in [0.15, 0.2) is 0 Å². The van der Waals surface area contributed by atoms with Crippen LogP contribution in [0.1, 0.15) is 47.2 Å². The van der Waals surface area contributed by atoms with Crippen molar-refractivity contribution in [1.82, 2.24) is 0 Å². The van der Waals surface area contributed by atoms with Crippen molar-refractivity contribution in [3.05, 3.63) is 240 Å². The highest BCUT2D eigenvalue weighted by atomic mass is 14.5. The van der Waals surface area contributed by atoms with Crippen molar-refractivity contribution in [2.75, 3.05) is 0 Å². The number of hydrogen-bond acceptors (Lipinski definition) is 0. The summed E-state index contributed by atoms with van der Waals surface area (Å²) in [6.07, 6.45) is 0. The fourth-order valence-corrected chi connectivity index (χ4v) is 12.4. The Hall–Kier alpha value is -7.54. The first kappa shape index (κ1) is 34.2. The van der Waals surface area contributed by atoms with E-state index in [-0.39, 0.29) is 5.41 Å². The predicted molar refractivity (Wildman–Crippen MR) is 261 cm³/mol. The molecule has 11 aromatic rings. The molecule has 1 spiro atoms. The van der Waals surface area contributed by atoms with Gasteiger partial charge in [-0.3, -0.25) is 0 Å². The SMILES string of the molecule is CC1(C)c2ccccc2-c2ccc(-c3c4ccccc4c(-c4ccc5c6c(ccc5c4)-c4cc5ccccc5cc4C64c5ccccc5-c5ccccc54)c4ccccc34)cc21. The van der Waals surface area contributed by atoms with E-state index < -0.39 is 5.41 Å². The minimum atomic E-state index is -0.435. The van der Waals surface area contributed by atoms with E-state index in [1.807, 2.05) is 0 Å². The predicted octanol–water partition coefficient (Wildman–Crippen LogP) is 16.3. The maximum Gasteiger partial charge on any atom is 0.0731 e. The van der Waals surface area contributed by atoms with E-state index in [1.54, 1.807) is 0 Å². The molecule has 11 aromatic carbocycles. The zero-order valence-electron chi connectivity index (χ0n) is 34.6. The fraction of sp³-hybridized carbons (Fsp3) is 0.0645. The third-order valence-corrected chi connectivity index (χ3v) is 15.0. The topological polar surface area (TPSA) is 0 Å². The molecule has 288 valence electrons. The first-order valence-electron chi connectivity index (χ1n) is 22.0. The van der Waals surface area contributed by atoms with Crippen LogP contribution in [0.25, 0.3) is 98.7 Å². The lowest BCUT2D eigenvalue weighted by Crippen LogP contribution is -2.26. The molecule has 0 atom stereocenters. The van der Waals surface area contributed by atoms with Crippen LogP contribution in [-0.4, -0.2) is 0 Å². The van der Waals surface area contributed by atoms with Crippen LogP contribution in [-0.2, 0) is 10.8 Å². The zero-order chi connectivity index (χ0) is 40.9. The van der Waals surface area contributed by atoms with Gasteiger partial charge >= 0.3 is 0 Å².